The van der Waals surface area contributed by atoms with E-state index in [2.05, 4.69) is 0 Å². The second kappa shape index (κ2) is 8.17. The Morgan fingerprint density at radius 1 is 1.23 bits per heavy atom. The first kappa shape index (κ1) is 16.8. The van der Waals surface area contributed by atoms with Gasteiger partial charge in [0.1, 0.15) is 0 Å². The van der Waals surface area contributed by atoms with Gasteiger partial charge in [-0.05, 0) is 25.0 Å². The lowest BCUT2D eigenvalue weighted by molar-refractivity contribution is -0.384. The highest BCUT2D eigenvalue weighted by Crippen LogP contribution is 2.24. The normalized spacial score (nSPS) is 16.0. The number of nitrogens with zero attached hydrogens (tertiary/aromatic N) is 2. The van der Waals surface area contributed by atoms with Gasteiger partial charge < -0.3 is 4.90 Å². The minimum absolute atomic E-state index is 0.0752. The second-order valence-electron chi connectivity index (χ2n) is 5.69. The summed E-state index contributed by atoms with van der Waals surface area (Å²) in [6, 6.07) is 6.71. The molecule has 0 aliphatic heterocycles. The highest BCUT2D eigenvalue weighted by atomic mass is 32.2. The van der Waals surface area contributed by atoms with Crippen LogP contribution in [0.5, 0.6) is 0 Å². The summed E-state index contributed by atoms with van der Waals surface area (Å²) >= 11 is 1.43. The van der Waals surface area contributed by atoms with E-state index in [1.807, 2.05) is 11.9 Å². The van der Waals surface area contributed by atoms with Crippen LogP contribution in [0.15, 0.2) is 29.2 Å². The lowest BCUT2D eigenvalue weighted by atomic mass is 10.1. The fourth-order valence-corrected chi connectivity index (χ4v) is 3.58. The van der Waals surface area contributed by atoms with Gasteiger partial charge in [-0.3, -0.25) is 14.9 Å². The van der Waals surface area contributed by atoms with E-state index in [1.165, 1.54) is 49.6 Å². The van der Waals surface area contributed by atoms with Crippen molar-refractivity contribution in [1.29, 1.82) is 0 Å². The van der Waals surface area contributed by atoms with E-state index in [1.54, 1.807) is 12.1 Å². The van der Waals surface area contributed by atoms with Crippen molar-refractivity contribution < 1.29 is 9.72 Å². The Labute approximate surface area is 135 Å². The molecule has 0 radical (unpaired) electrons. The molecule has 1 aliphatic rings. The molecule has 0 aromatic heterocycles. The molecule has 0 N–H and O–H groups in total. The number of hydrogen-bond donors (Lipinski definition) is 0. The molecule has 1 fully saturated rings. The van der Waals surface area contributed by atoms with Crippen LogP contribution in [0.4, 0.5) is 5.69 Å². The van der Waals surface area contributed by atoms with Crippen LogP contribution in [0.3, 0.4) is 0 Å². The molecule has 5 nitrogen and oxygen atoms in total. The van der Waals surface area contributed by atoms with Gasteiger partial charge >= 0.3 is 0 Å². The number of non-ortho nitro benzene ring substituents is 1. The molecular weight excluding hydrogens is 300 g/mol. The van der Waals surface area contributed by atoms with Crippen LogP contribution >= 0.6 is 11.8 Å². The van der Waals surface area contributed by atoms with Crippen LogP contribution in [0, 0.1) is 10.1 Å². The first-order valence-electron chi connectivity index (χ1n) is 7.71. The number of hydrogen-bond acceptors (Lipinski definition) is 4. The van der Waals surface area contributed by atoms with Gasteiger partial charge in [-0.1, -0.05) is 25.7 Å². The standard InChI is InChI=1S/C16H22N2O3S/c1-17(13-6-4-2-3-5-7-13)16(19)12-22-15-10-8-14(9-11-15)18(20)21/h8-11,13H,2-7,12H2,1H3. The van der Waals surface area contributed by atoms with Gasteiger partial charge in [0.2, 0.25) is 5.91 Å². The van der Waals surface area contributed by atoms with E-state index in [-0.39, 0.29) is 11.6 Å². The zero-order valence-electron chi connectivity index (χ0n) is 12.9. The predicted molar refractivity (Wildman–Crippen MR) is 88.1 cm³/mol. The number of benzene rings is 1. The zero-order valence-corrected chi connectivity index (χ0v) is 13.7. The van der Waals surface area contributed by atoms with Crippen molar-refractivity contribution in [2.24, 2.45) is 0 Å². The van der Waals surface area contributed by atoms with Gasteiger partial charge in [0.05, 0.1) is 10.7 Å². The lowest BCUT2D eigenvalue weighted by Crippen LogP contribution is -2.37. The average Bonchev–Trinajstić information content (AvgIpc) is 2.81. The number of carbonyl (C=O) groups excluding carboxylic acids is 1. The summed E-state index contributed by atoms with van der Waals surface area (Å²) in [5.41, 5.74) is 0.0752. The van der Waals surface area contributed by atoms with Crippen molar-refractivity contribution >= 4 is 23.4 Å². The molecule has 0 saturated heterocycles. The molecule has 2 rings (SSSR count). The molecule has 1 aliphatic carbocycles. The molecular formula is C16H22N2O3S. The van der Waals surface area contributed by atoms with E-state index in [4.69, 9.17) is 0 Å². The van der Waals surface area contributed by atoms with Crippen molar-refractivity contribution in [3.8, 4) is 0 Å². The first-order valence-corrected chi connectivity index (χ1v) is 8.69. The van der Waals surface area contributed by atoms with Gasteiger partial charge in [-0.2, -0.15) is 0 Å². The van der Waals surface area contributed by atoms with E-state index in [9.17, 15) is 14.9 Å². The van der Waals surface area contributed by atoms with Crippen molar-refractivity contribution in [3.63, 3.8) is 0 Å². The van der Waals surface area contributed by atoms with E-state index < -0.39 is 4.92 Å². The van der Waals surface area contributed by atoms with Crippen molar-refractivity contribution in [3.05, 3.63) is 34.4 Å². The topological polar surface area (TPSA) is 63.5 Å². The molecule has 0 atom stereocenters. The highest BCUT2D eigenvalue weighted by Gasteiger charge is 2.21. The van der Waals surface area contributed by atoms with E-state index in [0.29, 0.717) is 11.8 Å². The van der Waals surface area contributed by atoms with Crippen molar-refractivity contribution in [1.82, 2.24) is 4.90 Å². The second-order valence-corrected chi connectivity index (χ2v) is 6.74. The maximum absolute atomic E-state index is 12.3. The molecule has 1 aromatic carbocycles. The number of nitro benzene ring substituents is 1. The van der Waals surface area contributed by atoms with Crippen LogP contribution in [-0.2, 0) is 4.79 Å². The molecule has 1 aromatic rings. The minimum atomic E-state index is -0.417. The third kappa shape index (κ3) is 4.73. The molecule has 0 unspecified atom stereocenters. The summed E-state index contributed by atoms with van der Waals surface area (Å²) in [6.45, 7) is 0. The number of thioether (sulfide) groups is 1. The van der Waals surface area contributed by atoms with Gasteiger partial charge in [0.25, 0.3) is 5.69 Å². The molecule has 0 spiro atoms. The van der Waals surface area contributed by atoms with Crippen LogP contribution in [0.25, 0.3) is 0 Å². The SMILES string of the molecule is CN(C(=O)CSc1ccc([N+](=O)[O-])cc1)C1CCCCCC1. The Morgan fingerprint density at radius 3 is 2.36 bits per heavy atom. The molecule has 1 saturated carbocycles. The predicted octanol–water partition coefficient (Wildman–Crippen LogP) is 3.87. The maximum atomic E-state index is 12.3. The Bertz CT molecular complexity index is 511. The first-order chi connectivity index (χ1) is 10.6. The zero-order chi connectivity index (χ0) is 15.9. The summed E-state index contributed by atoms with van der Waals surface area (Å²) in [7, 11) is 1.90. The Kier molecular flexibility index (Phi) is 6.24. The number of rotatable bonds is 5. The number of nitro groups is 1. The monoisotopic (exact) mass is 322 g/mol. The number of amides is 1. The summed E-state index contributed by atoms with van der Waals surface area (Å²) in [4.78, 5) is 25.3. The largest absolute Gasteiger partial charge is 0.342 e. The van der Waals surface area contributed by atoms with Crippen LogP contribution < -0.4 is 0 Å². The van der Waals surface area contributed by atoms with E-state index >= 15 is 0 Å². The van der Waals surface area contributed by atoms with Crippen LogP contribution in [0.2, 0.25) is 0 Å². The molecule has 0 heterocycles. The van der Waals surface area contributed by atoms with Gasteiger partial charge in [-0.15, -0.1) is 11.8 Å². The summed E-state index contributed by atoms with van der Waals surface area (Å²) < 4.78 is 0. The Balaban J connectivity index is 1.84. The summed E-state index contributed by atoms with van der Waals surface area (Å²) in [5.74, 6) is 0.514. The van der Waals surface area contributed by atoms with Crippen molar-refractivity contribution in [2.75, 3.05) is 12.8 Å². The molecule has 6 heteroatoms. The smallest absolute Gasteiger partial charge is 0.269 e. The number of carbonyl (C=O) groups is 1. The average molecular weight is 322 g/mol. The van der Waals surface area contributed by atoms with Gasteiger partial charge in [0.15, 0.2) is 0 Å². The quantitative estimate of drug-likeness (QED) is 0.357. The van der Waals surface area contributed by atoms with Gasteiger partial charge in [-0.25, -0.2) is 0 Å². The van der Waals surface area contributed by atoms with Crippen molar-refractivity contribution in [2.45, 2.75) is 49.5 Å². The molecule has 0 bridgehead atoms. The third-order valence-corrected chi connectivity index (χ3v) is 5.17. The lowest BCUT2D eigenvalue weighted by Gasteiger charge is -2.27. The third-order valence-electron chi connectivity index (χ3n) is 4.18. The van der Waals surface area contributed by atoms with Crippen LogP contribution in [0.1, 0.15) is 38.5 Å². The maximum Gasteiger partial charge on any atom is 0.269 e. The fourth-order valence-electron chi connectivity index (χ4n) is 2.76. The molecule has 22 heavy (non-hydrogen) atoms. The van der Waals surface area contributed by atoms with E-state index in [0.717, 1.165) is 17.7 Å². The molecule has 1 amide bonds. The Hall–Kier alpha value is -1.56. The molecule has 120 valence electrons. The van der Waals surface area contributed by atoms with Crippen LogP contribution in [-0.4, -0.2) is 34.6 Å². The fraction of sp³-hybridized carbons (Fsp3) is 0.562. The van der Waals surface area contributed by atoms with Gasteiger partial charge in [0, 0.05) is 30.1 Å². The highest BCUT2D eigenvalue weighted by molar-refractivity contribution is 8.00. The Morgan fingerprint density at radius 2 is 1.82 bits per heavy atom. The summed E-state index contributed by atoms with van der Waals surface area (Å²) in [6.07, 6.45) is 7.16. The summed E-state index contributed by atoms with van der Waals surface area (Å²) in [5, 5.41) is 10.6. The minimum Gasteiger partial charge on any atom is -0.342 e.